The lowest BCUT2D eigenvalue weighted by molar-refractivity contribution is -0.156. The molecule has 0 aliphatic carbocycles. The molecule has 12 heteroatoms. The second-order valence-electron chi connectivity index (χ2n) is 7.47. The second-order valence-corrected chi connectivity index (χ2v) is 7.47. The van der Waals surface area contributed by atoms with Crippen molar-refractivity contribution in [1.29, 1.82) is 5.26 Å². The van der Waals surface area contributed by atoms with Crippen molar-refractivity contribution in [3.05, 3.63) is 64.7 Å². The van der Waals surface area contributed by atoms with Crippen LogP contribution in [-0.4, -0.2) is 24.9 Å². The molecule has 1 heterocycles. The van der Waals surface area contributed by atoms with Crippen molar-refractivity contribution in [2.75, 3.05) is 6.61 Å². The summed E-state index contributed by atoms with van der Waals surface area (Å²) in [6.45, 7) is -0.350. The lowest BCUT2D eigenvalue weighted by Gasteiger charge is -2.23. The highest BCUT2D eigenvalue weighted by Gasteiger charge is 2.51. The topological polar surface area (TPSA) is 45.0 Å². The highest BCUT2D eigenvalue weighted by atomic mass is 19.4. The maximum Gasteiger partial charge on any atom is 0.417 e. The third kappa shape index (κ3) is 5.71. The lowest BCUT2D eigenvalue weighted by atomic mass is 9.88. The SMILES string of the molecule is N#Cc1ccc(C2C[C@@H](COc3ccc(C(F)(F)F)cc3)N[C@H]2C(F)(F)F)cc1C(F)(F)F. The van der Waals surface area contributed by atoms with Gasteiger partial charge < -0.3 is 4.74 Å². The molecule has 1 N–H and O–H groups in total. The van der Waals surface area contributed by atoms with Crippen LogP contribution in [0.5, 0.6) is 5.75 Å². The van der Waals surface area contributed by atoms with E-state index in [4.69, 9.17) is 10.00 Å². The van der Waals surface area contributed by atoms with Crippen molar-refractivity contribution in [1.82, 2.24) is 5.32 Å². The second kappa shape index (κ2) is 8.78. The van der Waals surface area contributed by atoms with Crippen LogP contribution in [0.4, 0.5) is 39.5 Å². The van der Waals surface area contributed by atoms with Gasteiger partial charge in [-0.25, -0.2) is 0 Å². The van der Waals surface area contributed by atoms with Crippen molar-refractivity contribution in [2.24, 2.45) is 0 Å². The smallest absolute Gasteiger partial charge is 0.417 e. The fourth-order valence-corrected chi connectivity index (χ4v) is 3.71. The van der Waals surface area contributed by atoms with Gasteiger partial charge in [-0.05, 0) is 48.4 Å². The summed E-state index contributed by atoms with van der Waals surface area (Å²) in [5.41, 5.74) is -3.20. The molecule has 0 aromatic heterocycles. The van der Waals surface area contributed by atoms with Crippen LogP contribution in [0.2, 0.25) is 0 Å². The van der Waals surface area contributed by atoms with Gasteiger partial charge in [0.1, 0.15) is 18.4 Å². The molecular weight excluding hydrogens is 467 g/mol. The van der Waals surface area contributed by atoms with E-state index in [1.54, 1.807) is 0 Å². The summed E-state index contributed by atoms with van der Waals surface area (Å²) in [5.74, 6) is -1.39. The van der Waals surface area contributed by atoms with Crippen LogP contribution in [-0.2, 0) is 12.4 Å². The van der Waals surface area contributed by atoms with Crippen LogP contribution in [0.15, 0.2) is 42.5 Å². The molecule has 0 radical (unpaired) electrons. The number of halogens is 9. The molecule has 1 fully saturated rings. The molecule has 0 bridgehead atoms. The molecule has 0 saturated carbocycles. The van der Waals surface area contributed by atoms with Crippen molar-refractivity contribution in [2.45, 2.75) is 43.0 Å². The van der Waals surface area contributed by atoms with Crippen molar-refractivity contribution in [3.8, 4) is 11.8 Å². The molecular formula is C21H15F9N2O. The van der Waals surface area contributed by atoms with Gasteiger partial charge in [-0.2, -0.15) is 44.8 Å². The van der Waals surface area contributed by atoms with E-state index < -0.39 is 53.2 Å². The Balaban J connectivity index is 1.79. The monoisotopic (exact) mass is 482 g/mol. The molecule has 3 nitrogen and oxygen atoms in total. The third-order valence-electron chi connectivity index (χ3n) is 5.24. The highest BCUT2D eigenvalue weighted by molar-refractivity contribution is 5.43. The van der Waals surface area contributed by atoms with Gasteiger partial charge >= 0.3 is 18.5 Å². The number of hydrogen-bond acceptors (Lipinski definition) is 3. The molecule has 33 heavy (non-hydrogen) atoms. The number of hydrogen-bond donors (Lipinski definition) is 1. The Hall–Kier alpha value is -2.94. The Labute approximate surface area is 181 Å². The van der Waals surface area contributed by atoms with E-state index in [1.165, 1.54) is 6.07 Å². The minimum atomic E-state index is -4.92. The molecule has 1 saturated heterocycles. The molecule has 178 valence electrons. The molecule has 0 spiro atoms. The van der Waals surface area contributed by atoms with Crippen molar-refractivity contribution in [3.63, 3.8) is 0 Å². The minimum absolute atomic E-state index is 0.00506. The third-order valence-corrected chi connectivity index (χ3v) is 5.24. The number of alkyl halides is 9. The zero-order chi connectivity index (χ0) is 24.6. The zero-order valence-corrected chi connectivity index (χ0v) is 16.4. The Bertz CT molecular complexity index is 1020. The highest BCUT2D eigenvalue weighted by Crippen LogP contribution is 2.42. The number of ether oxygens (including phenoxy) is 1. The van der Waals surface area contributed by atoms with Crippen LogP contribution in [0.1, 0.15) is 34.6 Å². The van der Waals surface area contributed by atoms with Gasteiger partial charge in [-0.15, -0.1) is 0 Å². The summed E-state index contributed by atoms with van der Waals surface area (Å²) in [5, 5.41) is 11.2. The minimum Gasteiger partial charge on any atom is -0.492 e. The van der Waals surface area contributed by atoms with E-state index in [1.807, 2.05) is 0 Å². The Morgan fingerprint density at radius 2 is 1.55 bits per heavy atom. The Morgan fingerprint density at radius 1 is 0.909 bits per heavy atom. The molecule has 1 aliphatic rings. The largest absolute Gasteiger partial charge is 0.492 e. The van der Waals surface area contributed by atoms with Gasteiger partial charge in [0.15, 0.2) is 0 Å². The quantitative estimate of drug-likeness (QED) is 0.540. The first-order valence-corrected chi connectivity index (χ1v) is 9.44. The summed E-state index contributed by atoms with van der Waals surface area (Å²) < 4.78 is 124. The fraction of sp³-hybridized carbons (Fsp3) is 0.381. The van der Waals surface area contributed by atoms with Gasteiger partial charge in [-0.1, -0.05) is 6.07 Å². The van der Waals surface area contributed by atoms with Gasteiger partial charge in [-0.3, -0.25) is 5.32 Å². The maximum absolute atomic E-state index is 13.6. The van der Waals surface area contributed by atoms with E-state index in [0.717, 1.165) is 36.4 Å². The van der Waals surface area contributed by atoms with Gasteiger partial charge in [0, 0.05) is 12.0 Å². The lowest BCUT2D eigenvalue weighted by Crippen LogP contribution is -2.44. The predicted molar refractivity (Wildman–Crippen MR) is 97.2 cm³/mol. The molecule has 3 rings (SSSR count). The average molecular weight is 482 g/mol. The van der Waals surface area contributed by atoms with E-state index in [-0.39, 0.29) is 24.3 Å². The summed E-state index contributed by atoms with van der Waals surface area (Å²) in [4.78, 5) is 0. The number of nitrogens with one attached hydrogen (secondary N) is 1. The van der Waals surface area contributed by atoms with E-state index >= 15 is 0 Å². The van der Waals surface area contributed by atoms with Gasteiger partial charge in [0.2, 0.25) is 0 Å². The number of benzene rings is 2. The normalized spacial score (nSPS) is 21.6. The van der Waals surface area contributed by atoms with Crippen LogP contribution < -0.4 is 10.1 Å². The summed E-state index contributed by atoms with van der Waals surface area (Å²) in [7, 11) is 0. The predicted octanol–water partition coefficient (Wildman–Crippen LogP) is 6.05. The molecule has 2 aromatic rings. The first-order chi connectivity index (χ1) is 15.2. The average Bonchev–Trinajstić information content (AvgIpc) is 3.16. The number of rotatable bonds is 4. The molecule has 1 aliphatic heterocycles. The number of nitrogens with zero attached hydrogens (tertiary/aromatic N) is 1. The first kappa shape index (κ1) is 24.7. The Kier molecular flexibility index (Phi) is 6.57. The zero-order valence-electron chi connectivity index (χ0n) is 16.4. The first-order valence-electron chi connectivity index (χ1n) is 9.44. The summed E-state index contributed by atoms with van der Waals surface area (Å²) in [6.07, 6.45) is -14.5. The van der Waals surface area contributed by atoms with Crippen LogP contribution >= 0.6 is 0 Å². The number of nitriles is 1. The molecule has 3 atom stereocenters. The van der Waals surface area contributed by atoms with Gasteiger partial charge in [0.05, 0.1) is 22.8 Å². The fourth-order valence-electron chi connectivity index (χ4n) is 3.71. The molecule has 2 aromatic carbocycles. The molecule has 1 unspecified atom stereocenters. The van der Waals surface area contributed by atoms with E-state index in [9.17, 15) is 39.5 Å². The van der Waals surface area contributed by atoms with Crippen LogP contribution in [0.25, 0.3) is 0 Å². The Morgan fingerprint density at radius 3 is 2.06 bits per heavy atom. The van der Waals surface area contributed by atoms with Crippen LogP contribution in [0, 0.1) is 11.3 Å². The summed E-state index contributed by atoms with van der Waals surface area (Å²) >= 11 is 0. The van der Waals surface area contributed by atoms with E-state index in [2.05, 4.69) is 5.32 Å². The van der Waals surface area contributed by atoms with Gasteiger partial charge in [0.25, 0.3) is 0 Å². The van der Waals surface area contributed by atoms with Crippen molar-refractivity contribution < 1.29 is 44.3 Å². The summed E-state index contributed by atoms with van der Waals surface area (Å²) in [6, 6.07) is 4.25. The van der Waals surface area contributed by atoms with Crippen LogP contribution in [0.3, 0.4) is 0 Å². The van der Waals surface area contributed by atoms with Crippen molar-refractivity contribution >= 4 is 0 Å². The maximum atomic E-state index is 13.6. The van der Waals surface area contributed by atoms with E-state index in [0.29, 0.717) is 6.07 Å². The standard InChI is InChI=1S/C21H15F9N2O/c22-19(23,24)13-3-5-15(6-4-13)33-10-14-8-16(18(32-14)21(28,29)30)11-1-2-12(9-31)17(7-11)20(25,26)27/h1-7,14,16,18,32H,8,10H2/t14-,16?,18+/m0/s1. The molecule has 0 amide bonds.